The van der Waals surface area contributed by atoms with E-state index in [9.17, 15) is 4.79 Å². The maximum Gasteiger partial charge on any atom is 0.274 e. The van der Waals surface area contributed by atoms with Crippen molar-refractivity contribution in [3.63, 3.8) is 0 Å². The molecule has 0 aliphatic rings. The van der Waals surface area contributed by atoms with E-state index in [1.54, 1.807) is 18.2 Å². The molecule has 4 nitrogen and oxygen atoms in total. The highest BCUT2D eigenvalue weighted by atomic mass is 79.9. The predicted octanol–water partition coefficient (Wildman–Crippen LogP) is 4.84. The highest BCUT2D eigenvalue weighted by Crippen LogP contribution is 2.25. The zero-order valence-corrected chi connectivity index (χ0v) is 13.7. The number of nitrogens with one attached hydrogen (secondary N) is 2. The van der Waals surface area contributed by atoms with Gasteiger partial charge in [0.2, 0.25) is 0 Å². The van der Waals surface area contributed by atoms with Gasteiger partial charge in [0.25, 0.3) is 5.91 Å². The highest BCUT2D eigenvalue weighted by Gasteiger charge is 2.10. The van der Waals surface area contributed by atoms with Crippen molar-refractivity contribution in [1.82, 2.24) is 4.98 Å². The smallest absolute Gasteiger partial charge is 0.274 e. The van der Waals surface area contributed by atoms with E-state index < -0.39 is 0 Å². The van der Waals surface area contributed by atoms with Crippen LogP contribution in [0.5, 0.6) is 0 Å². The van der Waals surface area contributed by atoms with Crippen LogP contribution in [0, 0.1) is 0 Å². The Hall–Kier alpha value is -2.66. The predicted molar refractivity (Wildman–Crippen MR) is 96.1 cm³/mol. The van der Waals surface area contributed by atoms with Crippen LogP contribution in [-0.4, -0.2) is 10.9 Å². The molecule has 1 amide bonds. The summed E-state index contributed by atoms with van der Waals surface area (Å²) in [6.45, 7) is 0. The number of halogens is 1. The van der Waals surface area contributed by atoms with Gasteiger partial charge < -0.3 is 10.6 Å². The van der Waals surface area contributed by atoms with Crippen molar-refractivity contribution in [2.45, 2.75) is 0 Å². The van der Waals surface area contributed by atoms with Gasteiger partial charge in [0, 0.05) is 5.69 Å². The Morgan fingerprint density at radius 2 is 1.52 bits per heavy atom. The van der Waals surface area contributed by atoms with Gasteiger partial charge >= 0.3 is 0 Å². The third kappa shape index (κ3) is 3.96. The standard InChI is InChI=1S/C18H14BrN3O/c19-17-12-6-11-16(21-17)18(23)22-15-10-5-4-9-14(15)20-13-7-2-1-3-8-13/h1-12,20H,(H,22,23). The van der Waals surface area contributed by atoms with E-state index in [4.69, 9.17) is 0 Å². The Labute approximate surface area is 142 Å². The molecule has 0 unspecified atom stereocenters. The molecule has 0 aliphatic carbocycles. The van der Waals surface area contributed by atoms with E-state index in [0.717, 1.165) is 11.4 Å². The fraction of sp³-hybridized carbons (Fsp3) is 0. The summed E-state index contributed by atoms with van der Waals surface area (Å²) < 4.78 is 0.626. The van der Waals surface area contributed by atoms with Crippen molar-refractivity contribution in [1.29, 1.82) is 0 Å². The number of rotatable bonds is 4. The summed E-state index contributed by atoms with van der Waals surface area (Å²) in [6.07, 6.45) is 0. The minimum atomic E-state index is -0.256. The van der Waals surface area contributed by atoms with Crippen molar-refractivity contribution < 1.29 is 4.79 Å². The molecule has 114 valence electrons. The largest absolute Gasteiger partial charge is 0.354 e. The molecule has 0 aliphatic heterocycles. The topological polar surface area (TPSA) is 54.0 Å². The van der Waals surface area contributed by atoms with Crippen LogP contribution < -0.4 is 10.6 Å². The summed E-state index contributed by atoms with van der Waals surface area (Å²) in [5, 5.41) is 6.19. The Kier molecular flexibility index (Phi) is 4.68. The minimum Gasteiger partial charge on any atom is -0.354 e. The van der Waals surface area contributed by atoms with Crippen LogP contribution >= 0.6 is 15.9 Å². The summed E-state index contributed by atoms with van der Waals surface area (Å²) in [5.74, 6) is -0.256. The lowest BCUT2D eigenvalue weighted by Crippen LogP contribution is -2.14. The lowest BCUT2D eigenvalue weighted by atomic mass is 10.2. The molecule has 1 heterocycles. The van der Waals surface area contributed by atoms with Gasteiger partial charge in [-0.2, -0.15) is 0 Å². The first-order chi connectivity index (χ1) is 11.2. The van der Waals surface area contributed by atoms with Crippen LogP contribution in [-0.2, 0) is 0 Å². The molecule has 0 atom stereocenters. The van der Waals surface area contributed by atoms with Crippen molar-refractivity contribution in [3.05, 3.63) is 83.1 Å². The van der Waals surface area contributed by atoms with E-state index in [2.05, 4.69) is 31.5 Å². The number of amides is 1. The molecular formula is C18H14BrN3O. The van der Waals surface area contributed by atoms with Crippen molar-refractivity contribution in [2.24, 2.45) is 0 Å². The summed E-state index contributed by atoms with van der Waals surface area (Å²) >= 11 is 3.27. The van der Waals surface area contributed by atoms with Gasteiger partial charge in [-0.25, -0.2) is 4.98 Å². The lowest BCUT2D eigenvalue weighted by molar-refractivity contribution is 0.102. The van der Waals surface area contributed by atoms with Crippen LogP contribution in [0.3, 0.4) is 0 Å². The van der Waals surface area contributed by atoms with Gasteiger partial charge in [-0.1, -0.05) is 36.4 Å². The third-order valence-corrected chi connectivity index (χ3v) is 3.62. The van der Waals surface area contributed by atoms with E-state index in [0.29, 0.717) is 16.0 Å². The van der Waals surface area contributed by atoms with E-state index in [1.165, 1.54) is 0 Å². The molecule has 3 aromatic rings. The molecule has 2 N–H and O–H groups in total. The first-order valence-corrected chi connectivity index (χ1v) is 7.87. The van der Waals surface area contributed by atoms with Gasteiger partial charge in [-0.15, -0.1) is 0 Å². The normalized spacial score (nSPS) is 10.1. The van der Waals surface area contributed by atoms with E-state index in [1.807, 2.05) is 54.6 Å². The molecular weight excluding hydrogens is 354 g/mol. The van der Waals surface area contributed by atoms with Gasteiger partial charge in [-0.05, 0) is 52.3 Å². The monoisotopic (exact) mass is 367 g/mol. The molecule has 0 saturated heterocycles. The van der Waals surface area contributed by atoms with Crippen LogP contribution in [0.4, 0.5) is 17.1 Å². The molecule has 0 bridgehead atoms. The number of pyridine rings is 1. The Morgan fingerprint density at radius 3 is 2.26 bits per heavy atom. The zero-order valence-electron chi connectivity index (χ0n) is 12.2. The molecule has 0 spiro atoms. The molecule has 23 heavy (non-hydrogen) atoms. The average molecular weight is 368 g/mol. The molecule has 0 radical (unpaired) electrons. The van der Waals surface area contributed by atoms with Gasteiger partial charge in [-0.3, -0.25) is 4.79 Å². The number of hydrogen-bond acceptors (Lipinski definition) is 3. The number of carbonyl (C=O) groups excluding carboxylic acids is 1. The Morgan fingerprint density at radius 1 is 0.826 bits per heavy atom. The second kappa shape index (κ2) is 7.07. The van der Waals surface area contributed by atoms with Crippen molar-refractivity contribution in [3.8, 4) is 0 Å². The van der Waals surface area contributed by atoms with Gasteiger partial charge in [0.05, 0.1) is 11.4 Å². The Balaban J connectivity index is 1.82. The first-order valence-electron chi connectivity index (χ1n) is 7.07. The molecule has 0 fully saturated rings. The number of para-hydroxylation sites is 3. The van der Waals surface area contributed by atoms with E-state index in [-0.39, 0.29) is 5.91 Å². The van der Waals surface area contributed by atoms with Gasteiger partial charge in [0.1, 0.15) is 10.3 Å². The number of aromatic nitrogens is 1. The highest BCUT2D eigenvalue weighted by molar-refractivity contribution is 9.10. The van der Waals surface area contributed by atoms with Crippen molar-refractivity contribution in [2.75, 3.05) is 10.6 Å². The lowest BCUT2D eigenvalue weighted by Gasteiger charge is -2.13. The summed E-state index contributed by atoms with van der Waals surface area (Å²) in [7, 11) is 0. The SMILES string of the molecule is O=C(Nc1ccccc1Nc1ccccc1)c1cccc(Br)n1. The molecule has 0 saturated carbocycles. The molecule has 2 aromatic carbocycles. The van der Waals surface area contributed by atoms with Crippen LogP contribution in [0.15, 0.2) is 77.4 Å². The third-order valence-electron chi connectivity index (χ3n) is 3.18. The molecule has 3 rings (SSSR count). The minimum absolute atomic E-state index is 0.256. The number of hydrogen-bond donors (Lipinski definition) is 2. The van der Waals surface area contributed by atoms with Crippen LogP contribution in [0.25, 0.3) is 0 Å². The maximum atomic E-state index is 12.3. The zero-order chi connectivity index (χ0) is 16.1. The van der Waals surface area contributed by atoms with Crippen molar-refractivity contribution >= 4 is 38.9 Å². The number of anilines is 3. The number of benzene rings is 2. The van der Waals surface area contributed by atoms with E-state index >= 15 is 0 Å². The Bertz CT molecular complexity index is 821. The van der Waals surface area contributed by atoms with Crippen LogP contribution in [0.2, 0.25) is 0 Å². The van der Waals surface area contributed by atoms with Gasteiger partial charge in [0.15, 0.2) is 0 Å². The summed E-state index contributed by atoms with van der Waals surface area (Å²) in [4.78, 5) is 16.5. The second-order valence-electron chi connectivity index (χ2n) is 4.84. The van der Waals surface area contributed by atoms with Crippen LogP contribution in [0.1, 0.15) is 10.5 Å². The fourth-order valence-electron chi connectivity index (χ4n) is 2.10. The first kappa shape index (κ1) is 15.2. The summed E-state index contributed by atoms with van der Waals surface area (Å²) in [5.41, 5.74) is 2.83. The maximum absolute atomic E-state index is 12.3. The quantitative estimate of drug-likeness (QED) is 0.648. The fourth-order valence-corrected chi connectivity index (χ4v) is 2.44. The summed E-state index contributed by atoms with van der Waals surface area (Å²) in [6, 6.07) is 22.6. The molecule has 5 heteroatoms. The average Bonchev–Trinajstić information content (AvgIpc) is 2.57. The number of carbonyl (C=O) groups is 1. The number of nitrogens with zero attached hydrogens (tertiary/aromatic N) is 1. The molecule has 1 aromatic heterocycles. The second-order valence-corrected chi connectivity index (χ2v) is 5.65.